The first-order chi connectivity index (χ1) is 9.22. The van der Waals surface area contributed by atoms with Gasteiger partial charge in [-0.25, -0.2) is 25.9 Å². The molecule has 4 N–H and O–H groups in total. The molecule has 0 saturated heterocycles. The number of halogens is 1. The van der Waals surface area contributed by atoms with Crippen LogP contribution in [0.4, 0.5) is 10.1 Å². The third-order valence-corrected chi connectivity index (χ3v) is 5.08. The number of nitrogens with two attached hydrogens (primary N) is 1. The zero-order valence-electron chi connectivity index (χ0n) is 10.8. The second-order valence-corrected chi connectivity index (χ2v) is 7.61. The fourth-order valence-electron chi connectivity index (χ4n) is 1.26. The maximum absolute atomic E-state index is 13.7. The van der Waals surface area contributed by atoms with Crippen LogP contribution in [0.2, 0.25) is 0 Å². The summed E-state index contributed by atoms with van der Waals surface area (Å²) >= 11 is 0. The Hall–Kier alpha value is -1.23. The van der Waals surface area contributed by atoms with E-state index in [2.05, 4.69) is 4.72 Å². The third kappa shape index (κ3) is 4.40. The Labute approximate surface area is 117 Å². The van der Waals surface area contributed by atoms with Crippen LogP contribution >= 0.6 is 0 Å². The van der Waals surface area contributed by atoms with E-state index in [-0.39, 0.29) is 29.4 Å². The summed E-state index contributed by atoms with van der Waals surface area (Å²) in [4.78, 5) is -0.303. The first-order valence-corrected chi connectivity index (χ1v) is 8.85. The van der Waals surface area contributed by atoms with Crippen molar-refractivity contribution in [1.82, 2.24) is 4.72 Å². The maximum atomic E-state index is 13.7. The molecule has 0 heterocycles. The number of sulfonamides is 2. The molecule has 0 aliphatic carbocycles. The lowest BCUT2D eigenvalue weighted by Crippen LogP contribution is -2.29. The van der Waals surface area contributed by atoms with E-state index in [4.69, 9.17) is 5.73 Å². The maximum Gasteiger partial charge on any atom is 0.240 e. The molecule has 0 atom stereocenters. The first-order valence-electron chi connectivity index (χ1n) is 5.71. The molecule has 0 saturated carbocycles. The van der Waals surface area contributed by atoms with Gasteiger partial charge in [-0.3, -0.25) is 4.72 Å². The molecule has 114 valence electrons. The standard InChI is InChI=1S/C10H16FN3O4S2/c1-2-19(15,16)14-10-4-3-8(7-9(10)11)20(17,18)13-6-5-12/h3-4,7,13-14H,2,5-6,12H2,1H3. The molecule has 10 heteroatoms. The summed E-state index contributed by atoms with van der Waals surface area (Å²) in [5.41, 5.74) is 4.87. The van der Waals surface area contributed by atoms with Gasteiger partial charge >= 0.3 is 0 Å². The first kappa shape index (κ1) is 16.8. The molecule has 0 aliphatic rings. The van der Waals surface area contributed by atoms with E-state index in [0.29, 0.717) is 0 Å². The Balaban J connectivity index is 3.05. The topological polar surface area (TPSA) is 118 Å². The van der Waals surface area contributed by atoms with Crippen LogP contribution in [0.3, 0.4) is 0 Å². The summed E-state index contributed by atoms with van der Waals surface area (Å²) in [5, 5.41) is 0. The van der Waals surface area contributed by atoms with Crippen molar-refractivity contribution in [3.63, 3.8) is 0 Å². The van der Waals surface area contributed by atoms with Gasteiger partial charge in [-0.15, -0.1) is 0 Å². The molecule has 0 radical (unpaired) electrons. The number of benzene rings is 1. The lowest BCUT2D eigenvalue weighted by molar-refractivity contribution is 0.578. The number of nitrogens with one attached hydrogen (secondary N) is 2. The minimum absolute atomic E-state index is 0.0220. The van der Waals surface area contributed by atoms with Crippen molar-refractivity contribution in [1.29, 1.82) is 0 Å². The van der Waals surface area contributed by atoms with Crippen LogP contribution in [0.25, 0.3) is 0 Å². The highest BCUT2D eigenvalue weighted by atomic mass is 32.2. The van der Waals surface area contributed by atoms with Gasteiger partial charge < -0.3 is 5.73 Å². The van der Waals surface area contributed by atoms with Gasteiger partial charge in [0.05, 0.1) is 16.3 Å². The van der Waals surface area contributed by atoms with Crippen LogP contribution in [-0.4, -0.2) is 35.7 Å². The van der Waals surface area contributed by atoms with E-state index < -0.39 is 25.9 Å². The summed E-state index contributed by atoms with van der Waals surface area (Å²) < 4.78 is 64.0. The van der Waals surface area contributed by atoms with E-state index in [0.717, 1.165) is 18.2 Å². The molecule has 0 aromatic heterocycles. The molecule has 1 aromatic carbocycles. The van der Waals surface area contributed by atoms with Crippen LogP contribution in [0.5, 0.6) is 0 Å². The highest BCUT2D eigenvalue weighted by Gasteiger charge is 2.17. The predicted molar refractivity (Wildman–Crippen MR) is 73.7 cm³/mol. The van der Waals surface area contributed by atoms with Gasteiger partial charge in [0.15, 0.2) is 0 Å². The van der Waals surface area contributed by atoms with Gasteiger partial charge in [0, 0.05) is 13.1 Å². The molecule has 0 unspecified atom stereocenters. The Morgan fingerprint density at radius 3 is 2.40 bits per heavy atom. The van der Waals surface area contributed by atoms with Gasteiger partial charge in [-0.05, 0) is 25.1 Å². The largest absolute Gasteiger partial charge is 0.329 e. The molecule has 0 amide bonds. The normalized spacial score (nSPS) is 12.3. The summed E-state index contributed by atoms with van der Waals surface area (Å²) in [6, 6.07) is 2.90. The quantitative estimate of drug-likeness (QED) is 0.643. The number of rotatable bonds is 7. The second-order valence-electron chi connectivity index (χ2n) is 3.83. The zero-order chi connectivity index (χ0) is 15.4. The van der Waals surface area contributed by atoms with E-state index in [9.17, 15) is 21.2 Å². The van der Waals surface area contributed by atoms with Gasteiger partial charge in [-0.1, -0.05) is 0 Å². The summed E-state index contributed by atoms with van der Waals surface area (Å²) in [7, 11) is -7.49. The zero-order valence-corrected chi connectivity index (χ0v) is 12.4. The van der Waals surface area contributed by atoms with Gasteiger partial charge in [-0.2, -0.15) is 0 Å². The summed E-state index contributed by atoms with van der Waals surface area (Å²) in [6.07, 6.45) is 0. The van der Waals surface area contributed by atoms with Crippen molar-refractivity contribution >= 4 is 25.7 Å². The minimum Gasteiger partial charge on any atom is -0.329 e. The SMILES string of the molecule is CCS(=O)(=O)Nc1ccc(S(=O)(=O)NCCN)cc1F. The lowest BCUT2D eigenvalue weighted by Gasteiger charge is -2.09. The smallest absolute Gasteiger partial charge is 0.240 e. The number of hydrogen-bond donors (Lipinski definition) is 3. The fraction of sp³-hybridized carbons (Fsp3) is 0.400. The van der Waals surface area contributed by atoms with Crippen molar-refractivity contribution in [3.8, 4) is 0 Å². The Morgan fingerprint density at radius 1 is 1.25 bits per heavy atom. The molecular weight excluding hydrogens is 309 g/mol. The summed E-state index contributed by atoms with van der Waals surface area (Å²) in [5.74, 6) is -1.19. The average molecular weight is 325 g/mol. The summed E-state index contributed by atoms with van der Waals surface area (Å²) in [6.45, 7) is 1.53. The average Bonchev–Trinajstić information content (AvgIpc) is 2.38. The van der Waals surface area contributed by atoms with Gasteiger partial charge in [0.1, 0.15) is 5.82 Å². The van der Waals surface area contributed by atoms with Crippen molar-refractivity contribution in [2.75, 3.05) is 23.6 Å². The third-order valence-electron chi connectivity index (χ3n) is 2.33. The molecular formula is C10H16FN3O4S2. The van der Waals surface area contributed by atoms with Crippen LogP contribution in [0.15, 0.2) is 23.1 Å². The molecule has 1 rings (SSSR count). The number of anilines is 1. The Bertz CT molecular complexity index is 674. The molecule has 1 aromatic rings. The minimum atomic E-state index is -3.86. The van der Waals surface area contributed by atoms with Crippen molar-refractivity contribution < 1.29 is 21.2 Å². The van der Waals surface area contributed by atoms with Gasteiger partial charge in [0.25, 0.3) is 0 Å². The lowest BCUT2D eigenvalue weighted by atomic mass is 10.3. The highest BCUT2D eigenvalue weighted by Crippen LogP contribution is 2.20. The number of hydrogen-bond acceptors (Lipinski definition) is 5. The molecule has 20 heavy (non-hydrogen) atoms. The molecule has 0 aliphatic heterocycles. The van der Waals surface area contributed by atoms with E-state index in [1.165, 1.54) is 6.92 Å². The highest BCUT2D eigenvalue weighted by molar-refractivity contribution is 7.92. The van der Waals surface area contributed by atoms with Crippen LogP contribution in [0, 0.1) is 5.82 Å². The second kappa shape index (κ2) is 6.48. The van der Waals surface area contributed by atoms with E-state index in [1.54, 1.807) is 0 Å². The monoisotopic (exact) mass is 325 g/mol. The van der Waals surface area contributed by atoms with E-state index in [1.807, 2.05) is 4.72 Å². The van der Waals surface area contributed by atoms with Crippen molar-refractivity contribution in [2.24, 2.45) is 5.73 Å². The molecule has 0 fully saturated rings. The van der Waals surface area contributed by atoms with Gasteiger partial charge in [0.2, 0.25) is 20.0 Å². The Kier molecular flexibility index (Phi) is 5.45. The molecule has 7 nitrogen and oxygen atoms in total. The molecule has 0 bridgehead atoms. The van der Waals surface area contributed by atoms with Crippen LogP contribution in [0.1, 0.15) is 6.92 Å². The van der Waals surface area contributed by atoms with Crippen molar-refractivity contribution in [3.05, 3.63) is 24.0 Å². The van der Waals surface area contributed by atoms with Crippen molar-refractivity contribution in [2.45, 2.75) is 11.8 Å². The Morgan fingerprint density at radius 2 is 1.90 bits per heavy atom. The van der Waals surface area contributed by atoms with Crippen LogP contribution in [-0.2, 0) is 20.0 Å². The predicted octanol–water partition coefficient (Wildman–Crippen LogP) is -0.176. The molecule has 0 spiro atoms. The van der Waals surface area contributed by atoms with Crippen LogP contribution < -0.4 is 15.2 Å². The van der Waals surface area contributed by atoms with E-state index >= 15 is 0 Å². The fourth-order valence-corrected chi connectivity index (χ4v) is 2.97.